The summed E-state index contributed by atoms with van der Waals surface area (Å²) < 4.78 is 34.8. The zero-order chi connectivity index (χ0) is 38.7. The molecule has 286 valence electrons. The maximum atomic E-state index is 13.3. The summed E-state index contributed by atoms with van der Waals surface area (Å²) in [6.07, 6.45) is 9.28. The first-order valence-corrected chi connectivity index (χ1v) is 20.0. The van der Waals surface area contributed by atoms with E-state index in [1.165, 1.54) is 5.56 Å². The molecule has 0 unspecified atom stereocenters. The lowest BCUT2D eigenvalue weighted by Gasteiger charge is -2.31. The number of aromatic nitrogens is 4. The topological polar surface area (TPSA) is 143 Å². The molecule has 0 aliphatic carbocycles. The van der Waals surface area contributed by atoms with Gasteiger partial charge < -0.3 is 25.6 Å². The van der Waals surface area contributed by atoms with Gasteiger partial charge in [-0.3, -0.25) is 9.48 Å². The standard InChI is InChI=1S/C35H48N6O4S.C5H8N2/c1-9-12-24(6)32-33(36-8)39-35(40-34(32)37-28-13-10-11-14-31(28)46(43,44)23(4)5)38-29-19-25(7)27(20-30(29)45-22(2)3)26-15-17-41(21-42)18-16-26;1-2-7-5-3-4-6-7/h10-14,19-23,26H,9,15-18H2,1-8H3,(H3,36,37,38,39,40);3-5H,2H2,1H3/b24-12+;. The molecule has 0 radical (unpaired) electrons. The van der Waals surface area contributed by atoms with Crippen LogP contribution in [-0.4, -0.2) is 71.0 Å². The number of sulfone groups is 1. The molecule has 3 heterocycles. The average molecular weight is 745 g/mol. The summed E-state index contributed by atoms with van der Waals surface area (Å²) in [5, 5.41) is 13.3. The van der Waals surface area contributed by atoms with Gasteiger partial charge in [0.15, 0.2) is 9.84 Å². The number of rotatable bonds is 14. The summed E-state index contributed by atoms with van der Waals surface area (Å²) in [4.78, 5) is 23.1. The van der Waals surface area contributed by atoms with E-state index in [9.17, 15) is 13.2 Å². The normalized spacial score (nSPS) is 13.8. The van der Waals surface area contributed by atoms with Crippen molar-refractivity contribution in [2.75, 3.05) is 36.1 Å². The predicted octanol–water partition coefficient (Wildman–Crippen LogP) is 8.34. The Morgan fingerprint density at radius 2 is 1.70 bits per heavy atom. The summed E-state index contributed by atoms with van der Waals surface area (Å²) in [6, 6.07) is 13.0. The van der Waals surface area contributed by atoms with E-state index in [1.807, 2.05) is 42.6 Å². The number of hydrogen-bond acceptors (Lipinski definition) is 10. The number of aryl methyl sites for hydroxylation is 2. The first-order valence-electron chi connectivity index (χ1n) is 18.4. The number of amides is 1. The van der Waals surface area contributed by atoms with Gasteiger partial charge >= 0.3 is 0 Å². The minimum Gasteiger partial charge on any atom is -0.489 e. The minimum atomic E-state index is -3.57. The second kappa shape index (κ2) is 18.7. The molecule has 1 saturated heterocycles. The number of anilines is 5. The van der Waals surface area contributed by atoms with Crippen LogP contribution < -0.4 is 20.7 Å². The fraction of sp³-hybridized carbons (Fsp3) is 0.450. The van der Waals surface area contributed by atoms with Crippen LogP contribution in [-0.2, 0) is 21.2 Å². The van der Waals surface area contributed by atoms with Crippen LogP contribution in [0.1, 0.15) is 90.3 Å². The third-order valence-corrected chi connectivity index (χ3v) is 11.3. The summed E-state index contributed by atoms with van der Waals surface area (Å²) in [5.74, 6) is 2.41. The predicted molar refractivity (Wildman–Crippen MR) is 215 cm³/mol. The second-order valence-electron chi connectivity index (χ2n) is 13.7. The number of ether oxygens (including phenoxy) is 1. The number of nitrogens with zero attached hydrogens (tertiary/aromatic N) is 5. The first kappa shape index (κ1) is 40.9. The maximum absolute atomic E-state index is 13.3. The lowest BCUT2D eigenvalue weighted by Crippen LogP contribution is -2.31. The van der Waals surface area contributed by atoms with Crippen molar-refractivity contribution in [2.45, 2.75) is 103 Å². The highest BCUT2D eigenvalue weighted by atomic mass is 32.2. The molecule has 1 amide bonds. The monoisotopic (exact) mass is 744 g/mol. The van der Waals surface area contributed by atoms with E-state index in [0.29, 0.717) is 34.9 Å². The molecule has 3 N–H and O–H groups in total. The SMILES string of the molecule is CC/C=C(\C)c1c(NC)nc(Nc2cc(C)c(C3CCN(C=O)CC3)cc2OC(C)C)nc1Nc1ccccc1S(=O)(=O)C(C)C.CCn1cccn1. The van der Waals surface area contributed by atoms with Crippen molar-refractivity contribution in [3.63, 3.8) is 0 Å². The van der Waals surface area contributed by atoms with Crippen LogP contribution in [0.4, 0.5) is 29.0 Å². The molecule has 2 aromatic carbocycles. The number of hydrogen-bond donors (Lipinski definition) is 3. The van der Waals surface area contributed by atoms with E-state index < -0.39 is 15.1 Å². The van der Waals surface area contributed by atoms with Crippen molar-refractivity contribution in [1.82, 2.24) is 24.6 Å². The van der Waals surface area contributed by atoms with Crippen LogP contribution in [0, 0.1) is 6.92 Å². The Labute approximate surface area is 315 Å². The number of para-hydroxylation sites is 1. The quantitative estimate of drug-likeness (QED) is 0.108. The Balaban J connectivity index is 0.000000801. The van der Waals surface area contributed by atoms with Gasteiger partial charge in [-0.1, -0.05) is 25.1 Å². The first-order chi connectivity index (χ1) is 25.3. The molecule has 0 spiro atoms. The number of carbonyl (C=O) groups is 1. The van der Waals surface area contributed by atoms with Gasteiger partial charge in [-0.05, 0) is 121 Å². The zero-order valence-corrected chi connectivity index (χ0v) is 33.4. The molecule has 53 heavy (non-hydrogen) atoms. The van der Waals surface area contributed by atoms with E-state index in [1.54, 1.807) is 51.4 Å². The van der Waals surface area contributed by atoms with E-state index in [2.05, 4.69) is 60.0 Å². The number of nitrogens with one attached hydrogen (secondary N) is 3. The number of allylic oxidation sites excluding steroid dienone is 2. The van der Waals surface area contributed by atoms with E-state index >= 15 is 0 Å². The fourth-order valence-electron chi connectivity index (χ4n) is 6.29. The Hall–Kier alpha value is -4.91. The number of likely N-dealkylation sites (tertiary alicyclic amines) is 1. The molecule has 0 saturated carbocycles. The summed E-state index contributed by atoms with van der Waals surface area (Å²) >= 11 is 0. The average Bonchev–Trinajstić information content (AvgIpc) is 3.67. The van der Waals surface area contributed by atoms with Gasteiger partial charge in [-0.25, -0.2) is 8.42 Å². The third-order valence-electron chi connectivity index (χ3n) is 9.10. The molecule has 0 bridgehead atoms. The Morgan fingerprint density at radius 1 is 1.00 bits per heavy atom. The van der Waals surface area contributed by atoms with Gasteiger partial charge in [0, 0.05) is 39.1 Å². The van der Waals surface area contributed by atoms with Crippen LogP contribution in [0.25, 0.3) is 5.57 Å². The lowest BCUT2D eigenvalue weighted by atomic mass is 9.86. The molecule has 1 fully saturated rings. The highest BCUT2D eigenvalue weighted by Gasteiger charge is 2.26. The Morgan fingerprint density at radius 3 is 2.26 bits per heavy atom. The molecular weight excluding hydrogens is 689 g/mol. The van der Waals surface area contributed by atoms with Crippen LogP contribution in [0.3, 0.4) is 0 Å². The summed E-state index contributed by atoms with van der Waals surface area (Å²) in [7, 11) is -1.77. The lowest BCUT2D eigenvalue weighted by molar-refractivity contribution is -0.119. The van der Waals surface area contributed by atoms with Gasteiger partial charge in [-0.15, -0.1) is 0 Å². The molecule has 12 nitrogen and oxygen atoms in total. The summed E-state index contributed by atoms with van der Waals surface area (Å²) in [6.45, 7) is 18.0. The van der Waals surface area contributed by atoms with Gasteiger partial charge in [0.1, 0.15) is 17.4 Å². The van der Waals surface area contributed by atoms with Crippen molar-refractivity contribution in [3.05, 3.63) is 77.6 Å². The second-order valence-corrected chi connectivity index (χ2v) is 16.1. The van der Waals surface area contributed by atoms with Crippen LogP contribution in [0.15, 0.2) is 65.8 Å². The van der Waals surface area contributed by atoms with Crippen molar-refractivity contribution >= 4 is 50.8 Å². The molecule has 1 aliphatic rings. The highest BCUT2D eigenvalue weighted by Crippen LogP contribution is 2.39. The maximum Gasteiger partial charge on any atom is 0.231 e. The number of piperidine rings is 1. The fourth-order valence-corrected chi connectivity index (χ4v) is 7.49. The molecular formula is C40H56N8O4S. The van der Waals surface area contributed by atoms with E-state index in [-0.39, 0.29) is 11.0 Å². The highest BCUT2D eigenvalue weighted by molar-refractivity contribution is 7.92. The number of benzene rings is 2. The van der Waals surface area contributed by atoms with Gasteiger partial charge in [0.05, 0.1) is 33.2 Å². The third kappa shape index (κ3) is 10.4. The van der Waals surface area contributed by atoms with E-state index in [4.69, 9.17) is 14.7 Å². The van der Waals surface area contributed by atoms with Crippen LogP contribution >= 0.6 is 0 Å². The van der Waals surface area contributed by atoms with Crippen molar-refractivity contribution in [3.8, 4) is 5.75 Å². The van der Waals surface area contributed by atoms with Crippen LogP contribution in [0.5, 0.6) is 5.75 Å². The van der Waals surface area contributed by atoms with Gasteiger partial charge in [-0.2, -0.15) is 15.1 Å². The molecule has 1 aliphatic heterocycles. The van der Waals surface area contributed by atoms with Gasteiger partial charge in [0.25, 0.3) is 0 Å². The molecule has 0 atom stereocenters. The van der Waals surface area contributed by atoms with Crippen molar-refractivity contribution in [2.24, 2.45) is 0 Å². The molecule has 2 aromatic heterocycles. The zero-order valence-electron chi connectivity index (χ0n) is 32.6. The largest absolute Gasteiger partial charge is 0.489 e. The summed E-state index contributed by atoms with van der Waals surface area (Å²) in [5.41, 5.74) is 5.20. The minimum absolute atomic E-state index is 0.0670. The molecule has 5 rings (SSSR count). The van der Waals surface area contributed by atoms with Crippen LogP contribution in [0.2, 0.25) is 0 Å². The molecule has 4 aromatic rings. The smallest absolute Gasteiger partial charge is 0.231 e. The Kier molecular flexibility index (Phi) is 14.4. The van der Waals surface area contributed by atoms with Crippen molar-refractivity contribution in [1.29, 1.82) is 0 Å². The van der Waals surface area contributed by atoms with Crippen molar-refractivity contribution < 1.29 is 17.9 Å². The number of carbonyl (C=O) groups excluding carboxylic acids is 1. The van der Waals surface area contributed by atoms with E-state index in [0.717, 1.165) is 67.7 Å². The molecule has 13 heteroatoms. The van der Waals surface area contributed by atoms with Gasteiger partial charge in [0.2, 0.25) is 12.4 Å². The Bertz CT molecular complexity index is 1950.